The topological polar surface area (TPSA) is 39.3 Å². The predicted octanol–water partition coefficient (Wildman–Crippen LogP) is 0.789. The van der Waals surface area contributed by atoms with Crippen molar-refractivity contribution in [3.63, 3.8) is 0 Å². The molecule has 2 fully saturated rings. The van der Waals surface area contributed by atoms with E-state index in [-0.39, 0.29) is 5.54 Å². The van der Waals surface area contributed by atoms with E-state index in [1.807, 2.05) is 0 Å². The third kappa shape index (κ3) is 3.91. The average Bonchev–Trinajstić information content (AvgIpc) is 2.40. The van der Waals surface area contributed by atoms with Crippen LogP contribution < -0.4 is 16.0 Å². The van der Waals surface area contributed by atoms with Crippen LogP contribution in [0.4, 0.5) is 0 Å². The molecule has 4 heteroatoms. The molecule has 2 saturated heterocycles. The van der Waals surface area contributed by atoms with Crippen LogP contribution in [0.25, 0.3) is 0 Å². The molecular weight excluding hydrogens is 236 g/mol. The summed E-state index contributed by atoms with van der Waals surface area (Å²) in [6, 6.07) is 1.95. The minimum atomic E-state index is 0.240. The molecule has 0 bridgehead atoms. The zero-order chi connectivity index (χ0) is 13.9. The first-order chi connectivity index (χ1) is 9.05. The van der Waals surface area contributed by atoms with Gasteiger partial charge in [0, 0.05) is 36.8 Å². The van der Waals surface area contributed by atoms with Crippen LogP contribution in [0.1, 0.15) is 40.5 Å². The van der Waals surface area contributed by atoms with Crippen LogP contribution in [0.15, 0.2) is 0 Å². The summed E-state index contributed by atoms with van der Waals surface area (Å²) in [6.07, 6.45) is 2.57. The molecule has 4 nitrogen and oxygen atoms in total. The largest absolute Gasteiger partial charge is 0.312 e. The van der Waals surface area contributed by atoms with Gasteiger partial charge in [-0.25, -0.2) is 0 Å². The molecule has 112 valence electrons. The van der Waals surface area contributed by atoms with Crippen LogP contribution in [0.2, 0.25) is 0 Å². The molecule has 0 spiro atoms. The van der Waals surface area contributed by atoms with Crippen LogP contribution >= 0.6 is 0 Å². The van der Waals surface area contributed by atoms with Crippen LogP contribution in [0.5, 0.6) is 0 Å². The summed E-state index contributed by atoms with van der Waals surface area (Å²) >= 11 is 0. The summed E-state index contributed by atoms with van der Waals surface area (Å²) in [5.74, 6) is 0. The van der Waals surface area contributed by atoms with Crippen molar-refractivity contribution >= 4 is 0 Å². The highest BCUT2D eigenvalue weighted by molar-refractivity contribution is 4.98. The van der Waals surface area contributed by atoms with E-state index in [0.29, 0.717) is 12.1 Å². The highest BCUT2D eigenvalue weighted by Gasteiger charge is 2.34. The molecular formula is C15H32N4. The molecule has 3 N–H and O–H groups in total. The Morgan fingerprint density at radius 1 is 1.11 bits per heavy atom. The lowest BCUT2D eigenvalue weighted by Gasteiger charge is -2.44. The minimum Gasteiger partial charge on any atom is -0.312 e. The Morgan fingerprint density at radius 2 is 1.84 bits per heavy atom. The molecule has 2 rings (SSSR count). The average molecular weight is 268 g/mol. The summed E-state index contributed by atoms with van der Waals surface area (Å²) in [4.78, 5) is 2.62. The number of rotatable bonds is 4. The highest BCUT2D eigenvalue weighted by Crippen LogP contribution is 2.19. The molecule has 0 amide bonds. The van der Waals surface area contributed by atoms with Gasteiger partial charge in [0.1, 0.15) is 0 Å². The number of piperazine rings is 1. The molecule has 0 aromatic carbocycles. The van der Waals surface area contributed by atoms with Gasteiger partial charge in [0.25, 0.3) is 0 Å². The molecule has 0 aliphatic carbocycles. The number of nitrogens with zero attached hydrogens (tertiary/aromatic N) is 1. The first kappa shape index (κ1) is 15.2. The molecule has 0 radical (unpaired) electrons. The summed E-state index contributed by atoms with van der Waals surface area (Å²) in [5.41, 5.74) is 0.240. The maximum Gasteiger partial charge on any atom is 0.0348 e. The van der Waals surface area contributed by atoms with E-state index in [0.717, 1.165) is 25.7 Å². The molecule has 2 aliphatic heterocycles. The van der Waals surface area contributed by atoms with Crippen molar-refractivity contribution in [3.05, 3.63) is 0 Å². The van der Waals surface area contributed by atoms with Crippen LogP contribution in [-0.4, -0.2) is 61.3 Å². The van der Waals surface area contributed by atoms with Crippen LogP contribution in [0.3, 0.4) is 0 Å². The van der Waals surface area contributed by atoms with E-state index in [9.17, 15) is 0 Å². The van der Waals surface area contributed by atoms with Gasteiger partial charge < -0.3 is 20.9 Å². The van der Waals surface area contributed by atoms with Crippen LogP contribution in [0, 0.1) is 0 Å². The molecule has 19 heavy (non-hydrogen) atoms. The molecule has 0 aromatic heterocycles. The number of nitrogens with one attached hydrogen (secondary N) is 3. The SMILES string of the molecule is CCN(CC)C1CCNC(C2CNC(C)(C)CN2)C1. The Balaban J connectivity index is 1.87. The Bertz CT molecular complexity index is 265. The Labute approximate surface area is 118 Å². The Kier molecular flexibility index (Phi) is 5.23. The molecule has 3 unspecified atom stereocenters. The first-order valence-electron chi connectivity index (χ1n) is 8.01. The zero-order valence-corrected chi connectivity index (χ0v) is 13.1. The Hall–Kier alpha value is -0.160. The molecule has 2 heterocycles. The lowest BCUT2D eigenvalue weighted by Crippen LogP contribution is -2.66. The van der Waals surface area contributed by atoms with Crippen LogP contribution in [-0.2, 0) is 0 Å². The summed E-state index contributed by atoms with van der Waals surface area (Å²) in [7, 11) is 0. The fourth-order valence-corrected chi connectivity index (χ4v) is 3.50. The second kappa shape index (κ2) is 6.53. The van der Waals surface area contributed by atoms with Crippen molar-refractivity contribution in [2.24, 2.45) is 0 Å². The van der Waals surface area contributed by atoms with Gasteiger partial charge >= 0.3 is 0 Å². The van der Waals surface area contributed by atoms with E-state index in [1.54, 1.807) is 0 Å². The second-order valence-electron chi connectivity index (χ2n) is 6.71. The quantitative estimate of drug-likeness (QED) is 0.705. The zero-order valence-electron chi connectivity index (χ0n) is 13.1. The monoisotopic (exact) mass is 268 g/mol. The number of piperidine rings is 1. The van der Waals surface area contributed by atoms with Gasteiger partial charge in [0.15, 0.2) is 0 Å². The van der Waals surface area contributed by atoms with E-state index in [4.69, 9.17) is 0 Å². The third-order valence-corrected chi connectivity index (χ3v) is 4.83. The lowest BCUT2D eigenvalue weighted by molar-refractivity contribution is 0.132. The van der Waals surface area contributed by atoms with Crippen molar-refractivity contribution in [1.29, 1.82) is 0 Å². The van der Waals surface area contributed by atoms with Gasteiger partial charge in [-0.3, -0.25) is 0 Å². The molecule has 0 aromatic rings. The van der Waals surface area contributed by atoms with Crippen molar-refractivity contribution in [1.82, 2.24) is 20.9 Å². The van der Waals surface area contributed by atoms with E-state index < -0.39 is 0 Å². The van der Waals surface area contributed by atoms with Crippen molar-refractivity contribution in [2.45, 2.75) is 64.2 Å². The number of hydrogen-bond acceptors (Lipinski definition) is 4. The maximum atomic E-state index is 3.73. The minimum absolute atomic E-state index is 0.240. The molecule has 0 saturated carbocycles. The van der Waals surface area contributed by atoms with Crippen molar-refractivity contribution in [2.75, 3.05) is 32.7 Å². The fraction of sp³-hybridized carbons (Fsp3) is 1.00. The van der Waals surface area contributed by atoms with Gasteiger partial charge in [0.05, 0.1) is 0 Å². The second-order valence-corrected chi connectivity index (χ2v) is 6.71. The van der Waals surface area contributed by atoms with Crippen molar-refractivity contribution in [3.8, 4) is 0 Å². The van der Waals surface area contributed by atoms with Gasteiger partial charge in [-0.05, 0) is 46.3 Å². The van der Waals surface area contributed by atoms with Gasteiger partial charge in [-0.2, -0.15) is 0 Å². The molecule has 2 aliphatic rings. The summed E-state index contributed by atoms with van der Waals surface area (Å²) < 4.78 is 0. The van der Waals surface area contributed by atoms with E-state index >= 15 is 0 Å². The van der Waals surface area contributed by atoms with E-state index in [1.165, 1.54) is 25.9 Å². The lowest BCUT2D eigenvalue weighted by atomic mass is 9.90. The summed E-state index contributed by atoms with van der Waals surface area (Å²) in [6.45, 7) is 14.8. The van der Waals surface area contributed by atoms with Gasteiger partial charge in [0.2, 0.25) is 0 Å². The predicted molar refractivity (Wildman–Crippen MR) is 81.6 cm³/mol. The van der Waals surface area contributed by atoms with Gasteiger partial charge in [-0.15, -0.1) is 0 Å². The summed E-state index contributed by atoms with van der Waals surface area (Å²) in [5, 5.41) is 11.1. The fourth-order valence-electron chi connectivity index (χ4n) is 3.50. The highest BCUT2D eigenvalue weighted by atomic mass is 15.2. The standard InChI is InChI=1S/C15H32N4/c1-5-19(6-2)12-7-8-16-13(9-12)14-10-18-15(3,4)11-17-14/h12-14,16-18H,5-11H2,1-4H3. The molecule has 3 atom stereocenters. The van der Waals surface area contributed by atoms with Gasteiger partial charge in [-0.1, -0.05) is 13.8 Å². The maximum absolute atomic E-state index is 3.73. The normalized spacial score (nSPS) is 35.5. The van der Waals surface area contributed by atoms with E-state index in [2.05, 4.69) is 48.5 Å². The number of hydrogen-bond donors (Lipinski definition) is 3. The first-order valence-corrected chi connectivity index (χ1v) is 8.01. The smallest absolute Gasteiger partial charge is 0.0348 e. The Morgan fingerprint density at radius 3 is 2.42 bits per heavy atom. The van der Waals surface area contributed by atoms with Crippen molar-refractivity contribution < 1.29 is 0 Å². The third-order valence-electron chi connectivity index (χ3n) is 4.83.